The number of benzene rings is 8. The summed E-state index contributed by atoms with van der Waals surface area (Å²) < 4.78 is 52.2. The molecule has 63 heavy (non-hydrogen) atoms. The molecular formula is C58H46BN3S. The summed E-state index contributed by atoms with van der Waals surface area (Å²) in [6, 6.07) is 49.2. The average molecular weight is 833 g/mol. The van der Waals surface area contributed by atoms with Crippen LogP contribution in [-0.4, -0.2) is 15.8 Å². The van der Waals surface area contributed by atoms with Gasteiger partial charge in [-0.2, -0.15) is 0 Å². The van der Waals surface area contributed by atoms with Crippen molar-refractivity contribution >= 4 is 105 Å². The molecule has 0 fully saturated rings. The van der Waals surface area contributed by atoms with Crippen molar-refractivity contribution in [2.45, 2.75) is 52.4 Å². The molecule has 5 heterocycles. The molecule has 0 saturated carbocycles. The van der Waals surface area contributed by atoms with Gasteiger partial charge in [-0.05, 0) is 111 Å². The van der Waals surface area contributed by atoms with Gasteiger partial charge < -0.3 is 14.0 Å². The zero-order valence-corrected chi connectivity index (χ0v) is 36.9. The first-order chi connectivity index (χ1) is 32.6. The smallest absolute Gasteiger partial charge is 0.264 e. The molecule has 0 N–H and O–H groups in total. The fourth-order valence-electron chi connectivity index (χ4n) is 10.6. The van der Waals surface area contributed by atoms with Gasteiger partial charge in [0.25, 0.3) is 6.71 Å². The molecule has 0 bridgehead atoms. The number of hydrogen-bond acceptors (Lipinski definition) is 2. The molecule has 0 saturated heterocycles. The first-order valence-electron chi connectivity index (χ1n) is 24.4. The number of aromatic nitrogens is 2. The third-order valence-electron chi connectivity index (χ3n) is 13.7. The van der Waals surface area contributed by atoms with E-state index >= 15 is 0 Å². The van der Waals surface area contributed by atoms with Crippen LogP contribution in [0.4, 0.5) is 17.1 Å². The van der Waals surface area contributed by atoms with Gasteiger partial charge in [0.15, 0.2) is 0 Å². The van der Waals surface area contributed by atoms with Crippen LogP contribution in [0.15, 0.2) is 170 Å². The van der Waals surface area contributed by atoms with E-state index in [0.717, 1.165) is 66.7 Å². The molecule has 8 aromatic carbocycles. The van der Waals surface area contributed by atoms with E-state index in [1.807, 2.05) is 11.3 Å². The summed E-state index contributed by atoms with van der Waals surface area (Å²) in [4.78, 5) is 2.41. The highest BCUT2D eigenvalue weighted by atomic mass is 32.1. The van der Waals surface area contributed by atoms with Crippen molar-refractivity contribution in [3.05, 3.63) is 181 Å². The van der Waals surface area contributed by atoms with E-state index in [4.69, 9.17) is 4.11 Å². The number of para-hydroxylation sites is 3. The van der Waals surface area contributed by atoms with Gasteiger partial charge in [-0.1, -0.05) is 145 Å². The third kappa shape index (κ3) is 5.20. The molecule has 0 unspecified atom stereocenters. The van der Waals surface area contributed by atoms with Crippen LogP contribution in [-0.2, 0) is 10.8 Å². The van der Waals surface area contributed by atoms with Crippen molar-refractivity contribution in [3.63, 3.8) is 0 Å². The van der Waals surface area contributed by atoms with Gasteiger partial charge in [0.2, 0.25) is 0 Å². The molecule has 302 valence electrons. The van der Waals surface area contributed by atoms with Gasteiger partial charge in [0.05, 0.1) is 29.1 Å². The number of rotatable bonds is 3. The fraction of sp³-hybridized carbons (Fsp3) is 0.138. The van der Waals surface area contributed by atoms with Crippen molar-refractivity contribution in [1.82, 2.24) is 9.13 Å². The van der Waals surface area contributed by atoms with Gasteiger partial charge in [0, 0.05) is 64.7 Å². The molecule has 11 aromatic rings. The quantitative estimate of drug-likeness (QED) is 0.162. The van der Waals surface area contributed by atoms with Crippen LogP contribution in [0, 0.1) is 0 Å². The lowest BCUT2D eigenvalue weighted by molar-refractivity contribution is 0.590. The number of fused-ring (bicyclic) bond motifs is 12. The van der Waals surface area contributed by atoms with E-state index in [1.54, 1.807) is 0 Å². The lowest BCUT2D eigenvalue weighted by atomic mass is 9.36. The van der Waals surface area contributed by atoms with E-state index in [0.29, 0.717) is 5.56 Å². The zero-order valence-electron chi connectivity index (χ0n) is 41.1. The van der Waals surface area contributed by atoms with E-state index in [1.165, 1.54) is 42.2 Å². The molecule has 3 aromatic heterocycles. The van der Waals surface area contributed by atoms with Crippen LogP contribution in [0.2, 0.25) is 0 Å². The van der Waals surface area contributed by atoms with Crippen LogP contribution in [0.5, 0.6) is 0 Å². The maximum Gasteiger partial charge on any atom is 0.264 e. The largest absolute Gasteiger partial charge is 0.310 e. The Morgan fingerprint density at radius 3 is 1.97 bits per heavy atom. The molecule has 2 aliphatic heterocycles. The number of hydrogen-bond donors (Lipinski definition) is 0. The van der Waals surface area contributed by atoms with Crippen LogP contribution < -0.4 is 20.6 Å². The van der Waals surface area contributed by atoms with Crippen molar-refractivity contribution < 1.29 is 6.85 Å². The van der Waals surface area contributed by atoms with Crippen LogP contribution in [0.3, 0.4) is 0 Å². The van der Waals surface area contributed by atoms with Gasteiger partial charge in [-0.25, -0.2) is 0 Å². The minimum atomic E-state index is -0.405. The molecule has 0 aliphatic carbocycles. The predicted octanol–water partition coefficient (Wildman–Crippen LogP) is 14.0. The summed E-state index contributed by atoms with van der Waals surface area (Å²) in [5.41, 5.74) is 14.8. The van der Waals surface area contributed by atoms with Gasteiger partial charge in [0.1, 0.15) is 0 Å². The topological polar surface area (TPSA) is 13.1 Å². The molecule has 0 atom stereocenters. The Morgan fingerprint density at radius 2 is 1.19 bits per heavy atom. The molecule has 0 amide bonds. The number of nitrogens with zero attached hydrogens (tertiary/aromatic N) is 3. The normalized spacial score (nSPS) is 14.6. The van der Waals surface area contributed by atoms with E-state index in [9.17, 15) is 2.74 Å². The van der Waals surface area contributed by atoms with E-state index in [2.05, 4.69) is 195 Å². The Kier molecular flexibility index (Phi) is 6.53. The van der Waals surface area contributed by atoms with Crippen molar-refractivity contribution in [2.24, 2.45) is 0 Å². The Hall–Kier alpha value is -6.82. The van der Waals surface area contributed by atoms with Crippen molar-refractivity contribution in [3.8, 4) is 22.5 Å². The van der Waals surface area contributed by atoms with E-state index in [-0.39, 0.29) is 47.3 Å². The fourth-order valence-corrected chi connectivity index (χ4v) is 11.9. The van der Waals surface area contributed by atoms with Crippen LogP contribution in [0.1, 0.15) is 59.5 Å². The second kappa shape index (κ2) is 12.9. The average Bonchev–Trinajstić information content (AvgIpc) is 3.98. The first-order valence-corrected chi connectivity index (χ1v) is 22.7. The highest BCUT2D eigenvalue weighted by Gasteiger charge is 2.44. The lowest BCUT2D eigenvalue weighted by Crippen LogP contribution is -2.59. The molecule has 13 rings (SSSR count). The number of thiophene rings is 1. The molecule has 2 aliphatic rings. The molecule has 0 spiro atoms. The molecule has 0 radical (unpaired) electrons. The summed E-state index contributed by atoms with van der Waals surface area (Å²) in [6.07, 6.45) is 0. The summed E-state index contributed by atoms with van der Waals surface area (Å²) in [5.74, 6) is 0. The second-order valence-corrected chi connectivity index (χ2v) is 20.5. The molecule has 3 nitrogen and oxygen atoms in total. The van der Waals surface area contributed by atoms with Gasteiger partial charge in [-0.15, -0.1) is 11.3 Å². The van der Waals surface area contributed by atoms with Crippen LogP contribution in [0.25, 0.3) is 76.2 Å². The summed E-state index contributed by atoms with van der Waals surface area (Å²) in [6.45, 7) is 13.3. The predicted molar refractivity (Wildman–Crippen MR) is 273 cm³/mol. The zero-order chi connectivity index (χ0) is 46.9. The van der Waals surface area contributed by atoms with Crippen molar-refractivity contribution in [1.29, 1.82) is 0 Å². The monoisotopic (exact) mass is 832 g/mol. The Labute approximate surface area is 379 Å². The summed E-state index contributed by atoms with van der Waals surface area (Å²) in [7, 11) is 0. The minimum absolute atomic E-state index is 0.0599. The van der Waals surface area contributed by atoms with Crippen molar-refractivity contribution in [2.75, 3.05) is 4.90 Å². The number of anilines is 3. The summed E-state index contributed by atoms with van der Waals surface area (Å²) in [5, 5.41) is 5.80. The molecule has 5 heteroatoms. The highest BCUT2D eigenvalue weighted by molar-refractivity contribution is 7.33. The first kappa shape index (κ1) is 31.9. The summed E-state index contributed by atoms with van der Waals surface area (Å²) >= 11 is 1.86. The minimum Gasteiger partial charge on any atom is -0.310 e. The molecular weight excluding hydrogens is 782 g/mol. The van der Waals surface area contributed by atoms with Crippen LogP contribution >= 0.6 is 11.3 Å². The SMILES string of the molecule is [2H]c1c([2H])c([2H])c(-c2cc3c4c(c2)-n2c5cc6c(cc5c5cccc(c52)B4c2sc4ccc(C(C)(C)C)cc4c2N3c2ccc(C(C)(C)C)cc2)c2ccccc2n6-c2ccccc2)c([2H])c1[2H]. The standard InChI is InChI=1S/C58H46BN3S/c1-57(2,3)37-24-27-40(28-25-37)61-50-30-36(35-16-9-7-10-17-35)31-51-53(50)59(56-55(61)45-32-38(58(4,5)6)26-29-52(45)63-56)46-22-15-21-42-44-33-43-41-20-13-14-23-47(41)60(39-18-11-8-12-19-39)48(43)34-49(44)62(51)54(42)46/h7-34H,1-6H3/i7D,9D,10D,16D,17D. The highest BCUT2D eigenvalue weighted by Crippen LogP contribution is 2.49. The van der Waals surface area contributed by atoms with Gasteiger partial charge >= 0.3 is 0 Å². The second-order valence-electron chi connectivity index (χ2n) is 19.4. The Morgan fingerprint density at radius 1 is 0.508 bits per heavy atom. The lowest BCUT2D eigenvalue weighted by Gasteiger charge is -2.39. The Balaban J connectivity index is 1.22. The third-order valence-corrected chi connectivity index (χ3v) is 14.9. The Bertz CT molecular complexity index is 3970. The van der Waals surface area contributed by atoms with Gasteiger partial charge in [-0.3, -0.25) is 0 Å². The maximum absolute atomic E-state index is 9.36. The maximum atomic E-state index is 9.36. The van der Waals surface area contributed by atoms with E-state index < -0.39 is 6.04 Å².